The Kier molecular flexibility index (Phi) is 8.19. The van der Waals surface area contributed by atoms with Gasteiger partial charge in [0.15, 0.2) is 8.32 Å². The zero-order valence-electron chi connectivity index (χ0n) is 23.4. The summed E-state index contributed by atoms with van der Waals surface area (Å²) in [7, 11) is -0.167. The van der Waals surface area contributed by atoms with Gasteiger partial charge in [0, 0.05) is 34.8 Å². The number of aromatic nitrogens is 4. The molecular formula is C27H37N5O4SSi. The zero-order chi connectivity index (χ0) is 27.7. The fourth-order valence-corrected chi connectivity index (χ4v) is 6.04. The molecule has 0 atom stereocenters. The Hall–Kier alpha value is -2.89. The molecule has 1 aliphatic rings. The predicted molar refractivity (Wildman–Crippen MR) is 152 cm³/mol. The van der Waals surface area contributed by atoms with Crippen LogP contribution in [-0.4, -0.2) is 54.2 Å². The monoisotopic (exact) mass is 555 g/mol. The van der Waals surface area contributed by atoms with Crippen LogP contribution in [0.3, 0.4) is 0 Å². The average Bonchev–Trinajstić information content (AvgIpc) is 3.26. The van der Waals surface area contributed by atoms with E-state index in [9.17, 15) is 4.79 Å². The van der Waals surface area contributed by atoms with E-state index in [0.29, 0.717) is 45.8 Å². The Bertz CT molecular complexity index is 1300. The molecule has 9 nitrogen and oxygen atoms in total. The first-order valence-electron chi connectivity index (χ1n) is 12.8. The summed E-state index contributed by atoms with van der Waals surface area (Å²) in [5.74, 6) is 0.679. The Labute approximate surface area is 229 Å². The van der Waals surface area contributed by atoms with E-state index < -0.39 is 8.32 Å². The van der Waals surface area contributed by atoms with E-state index in [1.165, 1.54) is 11.3 Å². The molecule has 3 heterocycles. The Morgan fingerprint density at radius 2 is 1.74 bits per heavy atom. The van der Waals surface area contributed by atoms with Crippen molar-refractivity contribution in [1.82, 2.24) is 20.2 Å². The number of amides is 1. The summed E-state index contributed by atoms with van der Waals surface area (Å²) in [6, 6.07) is 3.76. The van der Waals surface area contributed by atoms with Gasteiger partial charge in [-0.05, 0) is 74.2 Å². The summed E-state index contributed by atoms with van der Waals surface area (Å²) < 4.78 is 17.9. The molecule has 3 aromatic heterocycles. The summed E-state index contributed by atoms with van der Waals surface area (Å²) in [5, 5.41) is 12.0. The van der Waals surface area contributed by atoms with Gasteiger partial charge in [0.05, 0.1) is 25.5 Å². The quantitative estimate of drug-likeness (QED) is 0.318. The lowest BCUT2D eigenvalue weighted by molar-refractivity contribution is 0.0287. The van der Waals surface area contributed by atoms with E-state index in [2.05, 4.69) is 59.3 Å². The van der Waals surface area contributed by atoms with Crippen molar-refractivity contribution >= 4 is 30.7 Å². The van der Waals surface area contributed by atoms with Crippen LogP contribution in [0, 0.1) is 19.8 Å². The van der Waals surface area contributed by atoms with Crippen LogP contribution < -0.4 is 14.8 Å². The fourth-order valence-electron chi connectivity index (χ4n) is 4.06. The van der Waals surface area contributed by atoms with Gasteiger partial charge >= 0.3 is 0 Å². The topological polar surface area (TPSA) is 108 Å². The number of nitrogens with zero attached hydrogens (tertiary/aromatic N) is 4. The standard InChI is InChI=1S/C27H37N5O4SSi/c1-16-9-20(21-10-17(2)29-14-23(21)34-6)22(13-28-16)24(33)30-25-31-32-26(37-25)35-15-18-11-19(12-18)36-38(7,8)27(3,4)5/h9-10,13-14,18-19H,11-12,15H2,1-8H3,(H,30,31,33). The largest absolute Gasteiger partial charge is 0.494 e. The van der Waals surface area contributed by atoms with Gasteiger partial charge in [-0.25, -0.2) is 0 Å². The van der Waals surface area contributed by atoms with E-state index in [4.69, 9.17) is 13.9 Å². The summed E-state index contributed by atoms with van der Waals surface area (Å²) in [5.41, 5.74) is 3.48. The number of hydrogen-bond acceptors (Lipinski definition) is 9. The molecule has 0 unspecified atom stereocenters. The predicted octanol–water partition coefficient (Wildman–Crippen LogP) is 6.05. The van der Waals surface area contributed by atoms with Gasteiger partial charge in [-0.15, -0.1) is 5.10 Å². The molecule has 0 aromatic carbocycles. The highest BCUT2D eigenvalue weighted by molar-refractivity contribution is 7.17. The number of ether oxygens (including phenoxy) is 2. The molecule has 3 aromatic rings. The fraction of sp³-hybridized carbons (Fsp3) is 0.519. The maximum atomic E-state index is 13.2. The number of methoxy groups -OCH3 is 1. The van der Waals surface area contributed by atoms with E-state index in [-0.39, 0.29) is 10.9 Å². The highest BCUT2D eigenvalue weighted by Gasteiger charge is 2.42. The Morgan fingerprint density at radius 3 is 2.39 bits per heavy atom. The minimum Gasteiger partial charge on any atom is -0.494 e. The van der Waals surface area contributed by atoms with E-state index in [1.54, 1.807) is 19.5 Å². The average molecular weight is 556 g/mol. The van der Waals surface area contributed by atoms with Crippen LogP contribution >= 0.6 is 11.3 Å². The number of carbonyl (C=O) groups is 1. The number of anilines is 1. The highest BCUT2D eigenvalue weighted by atomic mass is 32.1. The second-order valence-corrected chi connectivity index (χ2v) is 17.1. The Balaban J connectivity index is 1.36. The van der Waals surface area contributed by atoms with Crippen LogP contribution in [-0.2, 0) is 4.43 Å². The molecule has 1 amide bonds. The molecule has 0 spiro atoms. The van der Waals surface area contributed by atoms with Crippen molar-refractivity contribution < 1.29 is 18.7 Å². The third kappa shape index (κ3) is 6.39. The summed E-state index contributed by atoms with van der Waals surface area (Å²) in [4.78, 5) is 21.9. The van der Waals surface area contributed by atoms with Crippen molar-refractivity contribution in [2.24, 2.45) is 5.92 Å². The lowest BCUT2D eigenvalue weighted by atomic mass is 9.83. The first-order chi connectivity index (χ1) is 17.9. The molecule has 0 bridgehead atoms. The molecule has 204 valence electrons. The lowest BCUT2D eigenvalue weighted by Crippen LogP contribution is -2.48. The van der Waals surface area contributed by atoms with Crippen LogP contribution in [0.2, 0.25) is 18.1 Å². The van der Waals surface area contributed by atoms with Crippen LogP contribution in [0.5, 0.6) is 10.9 Å². The van der Waals surface area contributed by atoms with Crippen LogP contribution in [0.1, 0.15) is 55.4 Å². The van der Waals surface area contributed by atoms with Gasteiger partial charge in [0.25, 0.3) is 11.1 Å². The normalized spacial score (nSPS) is 17.6. The SMILES string of the molecule is COc1cnc(C)cc1-c1cc(C)ncc1C(=O)Nc1nnc(OCC2CC(O[Si](C)(C)C(C)(C)C)C2)s1. The van der Waals surface area contributed by atoms with Crippen molar-refractivity contribution in [3.63, 3.8) is 0 Å². The molecule has 0 saturated heterocycles. The first kappa shape index (κ1) is 28.1. The summed E-state index contributed by atoms with van der Waals surface area (Å²) in [6.07, 6.45) is 5.52. The molecule has 1 saturated carbocycles. The number of pyridine rings is 2. The summed E-state index contributed by atoms with van der Waals surface area (Å²) in [6.45, 7) is 15.7. The number of hydrogen-bond donors (Lipinski definition) is 1. The van der Waals surface area contributed by atoms with Crippen molar-refractivity contribution in [3.8, 4) is 22.1 Å². The van der Waals surface area contributed by atoms with Gasteiger partial charge in [0.2, 0.25) is 5.13 Å². The molecule has 0 radical (unpaired) electrons. The van der Waals surface area contributed by atoms with Gasteiger partial charge < -0.3 is 13.9 Å². The van der Waals surface area contributed by atoms with Crippen molar-refractivity contribution in [1.29, 1.82) is 0 Å². The molecule has 1 aliphatic carbocycles. The second-order valence-electron chi connectivity index (χ2n) is 11.4. The number of nitrogens with one attached hydrogen (secondary N) is 1. The van der Waals surface area contributed by atoms with Crippen molar-refractivity contribution in [2.45, 2.75) is 71.7 Å². The van der Waals surface area contributed by atoms with Crippen molar-refractivity contribution in [3.05, 3.63) is 41.5 Å². The number of aryl methyl sites for hydroxylation is 2. The third-order valence-corrected chi connectivity index (χ3v) is 12.6. The minimum atomic E-state index is -1.75. The second kappa shape index (κ2) is 11.1. The third-order valence-electron chi connectivity index (χ3n) is 7.33. The minimum absolute atomic E-state index is 0.209. The molecule has 1 fully saturated rings. The maximum absolute atomic E-state index is 13.2. The first-order valence-corrected chi connectivity index (χ1v) is 16.5. The lowest BCUT2D eigenvalue weighted by Gasteiger charge is -2.44. The molecule has 1 N–H and O–H groups in total. The van der Waals surface area contributed by atoms with Crippen LogP contribution in [0.25, 0.3) is 11.1 Å². The Morgan fingerprint density at radius 1 is 1.08 bits per heavy atom. The zero-order valence-corrected chi connectivity index (χ0v) is 25.2. The molecule has 4 rings (SSSR count). The van der Waals surface area contributed by atoms with Gasteiger partial charge in [-0.1, -0.05) is 25.9 Å². The van der Waals surface area contributed by atoms with Crippen LogP contribution in [0.4, 0.5) is 5.13 Å². The van der Waals surface area contributed by atoms with E-state index in [1.807, 2.05) is 26.0 Å². The van der Waals surface area contributed by atoms with Gasteiger partial charge in [0.1, 0.15) is 5.75 Å². The molecule has 0 aliphatic heterocycles. The van der Waals surface area contributed by atoms with Crippen molar-refractivity contribution in [2.75, 3.05) is 19.0 Å². The van der Waals surface area contributed by atoms with E-state index >= 15 is 0 Å². The molecule has 38 heavy (non-hydrogen) atoms. The van der Waals surface area contributed by atoms with Gasteiger partial charge in [-0.2, -0.15) is 0 Å². The summed E-state index contributed by atoms with van der Waals surface area (Å²) >= 11 is 1.21. The van der Waals surface area contributed by atoms with Gasteiger partial charge in [-0.3, -0.25) is 20.1 Å². The number of carbonyl (C=O) groups excluding carboxylic acids is 1. The molecule has 11 heteroatoms. The van der Waals surface area contributed by atoms with Crippen LogP contribution in [0.15, 0.2) is 24.5 Å². The maximum Gasteiger partial charge on any atom is 0.295 e. The smallest absolute Gasteiger partial charge is 0.295 e. The highest BCUT2D eigenvalue weighted by Crippen LogP contribution is 2.41. The number of rotatable bonds is 9. The van der Waals surface area contributed by atoms with E-state index in [0.717, 1.165) is 29.8 Å². The molecular weight excluding hydrogens is 518 g/mol.